The van der Waals surface area contributed by atoms with Crippen LogP contribution in [0.1, 0.15) is 19.8 Å². The number of benzene rings is 1. The van der Waals surface area contributed by atoms with Crippen LogP contribution in [-0.4, -0.2) is 42.2 Å². The zero-order chi connectivity index (χ0) is 9.80. The highest BCUT2D eigenvalue weighted by Gasteiger charge is 2.18. The zero-order valence-electron chi connectivity index (χ0n) is 9.82. The first-order valence-corrected chi connectivity index (χ1v) is 5.50. The summed E-state index contributed by atoms with van der Waals surface area (Å²) in [5, 5.41) is 0. The summed E-state index contributed by atoms with van der Waals surface area (Å²) >= 11 is 0. The predicted octanol–water partition coefficient (Wildman–Crippen LogP) is -0.192. The van der Waals surface area contributed by atoms with Crippen LogP contribution in [0.25, 0.3) is 0 Å². The van der Waals surface area contributed by atoms with Gasteiger partial charge in [-0.2, -0.15) is 0 Å². The molecule has 89 valence electrons. The van der Waals surface area contributed by atoms with Gasteiger partial charge in [-0.3, -0.25) is 0 Å². The van der Waals surface area contributed by atoms with Gasteiger partial charge in [-0.1, -0.05) is 42.7 Å². The number of likely N-dealkylation sites (tertiary alicyclic amines) is 1. The number of nitrogens with zero attached hydrogens (tertiary/aromatic N) is 1. The van der Waals surface area contributed by atoms with Gasteiger partial charge in [0.1, 0.15) is 0 Å². The lowest BCUT2D eigenvalue weighted by Gasteiger charge is -2.22. The average molecular weight is 222 g/mol. The van der Waals surface area contributed by atoms with Crippen molar-refractivity contribution in [3.63, 3.8) is 0 Å². The molecule has 1 radical (unpaired) electrons. The normalized spacial score (nSPS) is 17.1. The maximum atomic E-state index is 2.55. The van der Waals surface area contributed by atoms with Gasteiger partial charge in [-0.05, 0) is 31.9 Å². The van der Waals surface area contributed by atoms with Crippen LogP contribution >= 0.6 is 0 Å². The van der Waals surface area contributed by atoms with Crippen molar-refractivity contribution in [2.75, 3.05) is 13.1 Å². The molecule has 0 aromatic heterocycles. The fourth-order valence-electron chi connectivity index (χ4n) is 2.10. The second-order valence-corrected chi connectivity index (χ2v) is 4.06. The summed E-state index contributed by atoms with van der Waals surface area (Å²) in [5.74, 6) is 0.583. The largest absolute Gasteiger partial charge is 0.412 e. The topological polar surface area (TPSA) is 66.2 Å². The Kier molecular flexibility index (Phi) is 7.05. The summed E-state index contributed by atoms with van der Waals surface area (Å²) in [6.07, 6.45) is 2.74. The third-order valence-corrected chi connectivity index (χ3v) is 2.95. The quantitative estimate of drug-likeness (QED) is 0.653. The van der Waals surface area contributed by atoms with Crippen LogP contribution in [0, 0.1) is 0 Å². The molecule has 2 rings (SSSR count). The molecule has 1 saturated heterocycles. The van der Waals surface area contributed by atoms with Gasteiger partial charge < -0.3 is 15.9 Å². The first kappa shape index (κ1) is 15.2. The molecule has 0 amide bonds. The first-order chi connectivity index (χ1) is 6.86. The fraction of sp³-hybridized carbons (Fsp3) is 0.500. The molecule has 1 fully saturated rings. The molecule has 0 spiro atoms. The van der Waals surface area contributed by atoms with Gasteiger partial charge in [-0.15, -0.1) is 0 Å². The summed E-state index contributed by atoms with van der Waals surface area (Å²) in [6.45, 7) is 4.83. The summed E-state index contributed by atoms with van der Waals surface area (Å²) < 4.78 is 0. The van der Waals surface area contributed by atoms with Gasteiger partial charge in [0.2, 0.25) is 0 Å². The Labute approximate surface area is 98.3 Å². The number of rotatable bonds is 3. The van der Waals surface area contributed by atoms with E-state index in [1.807, 2.05) is 0 Å². The highest BCUT2D eigenvalue weighted by atomic mass is 16.0. The second-order valence-electron chi connectivity index (χ2n) is 4.06. The molecule has 1 aromatic rings. The molecule has 4 heteroatoms. The van der Waals surface area contributed by atoms with E-state index >= 15 is 0 Å². The molecule has 1 heterocycles. The molecular weight excluding hydrogens is 201 g/mol. The summed E-state index contributed by atoms with van der Waals surface area (Å²) in [6, 6.07) is 10.6. The van der Waals surface area contributed by atoms with E-state index in [4.69, 9.17) is 0 Å². The summed E-state index contributed by atoms with van der Waals surface area (Å²) in [5.41, 5.74) is 1.34. The van der Waals surface area contributed by atoms with Crippen LogP contribution in [0.15, 0.2) is 30.3 Å². The molecule has 16 heavy (non-hydrogen) atoms. The Morgan fingerprint density at radius 2 is 1.62 bits per heavy atom. The third kappa shape index (κ3) is 3.97. The monoisotopic (exact) mass is 222 g/mol. The minimum Gasteiger partial charge on any atom is -0.412 e. The van der Waals surface area contributed by atoms with Crippen LogP contribution in [0.3, 0.4) is 0 Å². The number of hydrogen-bond acceptors (Lipinski definition) is 1. The van der Waals surface area contributed by atoms with Gasteiger partial charge in [-0.25, -0.2) is 0 Å². The Balaban J connectivity index is 0.00000112. The minimum atomic E-state index is 0. The number of hydrogen-bond donors (Lipinski definition) is 0. The van der Waals surface area contributed by atoms with Crippen molar-refractivity contribution in [2.24, 2.45) is 0 Å². The summed E-state index contributed by atoms with van der Waals surface area (Å²) in [4.78, 5) is 2.55. The highest BCUT2D eigenvalue weighted by molar-refractivity contribution is 6.54. The lowest BCUT2D eigenvalue weighted by Crippen LogP contribution is -2.39. The molecule has 1 aliphatic heterocycles. The maximum Gasteiger partial charge on any atom is 0.173 e. The lowest BCUT2D eigenvalue weighted by molar-refractivity contribution is 0.324. The van der Waals surface area contributed by atoms with Crippen LogP contribution < -0.4 is 5.46 Å². The van der Waals surface area contributed by atoms with E-state index in [0.29, 0.717) is 5.94 Å². The fourth-order valence-corrected chi connectivity index (χ4v) is 2.10. The SMILES string of the molecule is CC([B]c1ccccc1)N1CCCC1.O.O. The Morgan fingerprint density at radius 1 is 1.06 bits per heavy atom. The minimum absolute atomic E-state index is 0. The van der Waals surface area contributed by atoms with Gasteiger partial charge in [0, 0.05) is 0 Å². The smallest absolute Gasteiger partial charge is 0.173 e. The van der Waals surface area contributed by atoms with Crippen molar-refractivity contribution < 1.29 is 11.0 Å². The first-order valence-electron chi connectivity index (χ1n) is 5.50. The second kappa shape index (κ2) is 7.44. The van der Waals surface area contributed by atoms with E-state index in [0.717, 1.165) is 0 Å². The molecule has 3 nitrogen and oxygen atoms in total. The Hall–Kier alpha value is -0.835. The van der Waals surface area contributed by atoms with Gasteiger partial charge in [0.05, 0.1) is 0 Å². The van der Waals surface area contributed by atoms with Crippen molar-refractivity contribution in [3.8, 4) is 0 Å². The van der Waals surface area contributed by atoms with E-state index in [-0.39, 0.29) is 11.0 Å². The third-order valence-electron chi connectivity index (χ3n) is 2.95. The van der Waals surface area contributed by atoms with Gasteiger partial charge >= 0.3 is 0 Å². The predicted molar refractivity (Wildman–Crippen MR) is 69.3 cm³/mol. The molecule has 0 bridgehead atoms. The van der Waals surface area contributed by atoms with Crippen LogP contribution in [0.5, 0.6) is 0 Å². The standard InChI is InChI=1S/C12H17BN.2H2O/c1-11(14-9-5-6-10-14)13-12-7-3-2-4-8-12;;/h2-4,7-8,11H,5-6,9-10H2,1H3;2*1H2. The molecule has 0 aliphatic carbocycles. The van der Waals surface area contributed by atoms with Crippen molar-refractivity contribution in [1.29, 1.82) is 0 Å². The van der Waals surface area contributed by atoms with E-state index in [9.17, 15) is 0 Å². The van der Waals surface area contributed by atoms with Crippen LogP contribution in [-0.2, 0) is 0 Å². The molecule has 1 aromatic carbocycles. The molecule has 0 saturated carbocycles. The molecular formula is C12H21BNO2. The van der Waals surface area contributed by atoms with Crippen molar-refractivity contribution in [3.05, 3.63) is 30.3 Å². The lowest BCUT2D eigenvalue weighted by atomic mass is 9.63. The van der Waals surface area contributed by atoms with Crippen molar-refractivity contribution in [2.45, 2.75) is 25.7 Å². The highest BCUT2D eigenvalue weighted by Crippen LogP contribution is 2.10. The van der Waals surface area contributed by atoms with Gasteiger partial charge in [0.15, 0.2) is 7.28 Å². The van der Waals surface area contributed by atoms with E-state index < -0.39 is 0 Å². The molecule has 1 aliphatic rings. The maximum absolute atomic E-state index is 2.55. The Morgan fingerprint density at radius 3 is 2.19 bits per heavy atom. The van der Waals surface area contributed by atoms with Gasteiger partial charge in [0.25, 0.3) is 0 Å². The van der Waals surface area contributed by atoms with Crippen molar-refractivity contribution in [1.82, 2.24) is 4.90 Å². The van der Waals surface area contributed by atoms with Crippen LogP contribution in [0.4, 0.5) is 0 Å². The molecule has 1 atom stereocenters. The van der Waals surface area contributed by atoms with E-state index in [1.165, 1.54) is 31.4 Å². The van der Waals surface area contributed by atoms with Crippen LogP contribution in [0.2, 0.25) is 0 Å². The molecule has 1 unspecified atom stereocenters. The van der Waals surface area contributed by atoms with E-state index in [2.05, 4.69) is 49.4 Å². The molecule has 4 N–H and O–H groups in total. The van der Waals surface area contributed by atoms with Crippen molar-refractivity contribution >= 4 is 12.7 Å². The zero-order valence-corrected chi connectivity index (χ0v) is 9.82. The van der Waals surface area contributed by atoms with E-state index in [1.54, 1.807) is 0 Å². The summed E-state index contributed by atoms with van der Waals surface area (Å²) in [7, 11) is 2.35. The average Bonchev–Trinajstić information content (AvgIpc) is 2.72. The Bertz CT molecular complexity index is 276.